The second-order valence-electron chi connectivity index (χ2n) is 3.12. The predicted molar refractivity (Wildman–Crippen MR) is 59.8 cm³/mol. The van der Waals surface area contributed by atoms with Crippen LogP contribution in [0.15, 0.2) is 23.2 Å². The quantitative estimate of drug-likeness (QED) is 0.605. The standard InChI is InChI=1S/C12H15N/c1-5-6-11-9(2)7-8-10(3)12(11)13-4/h5-8H,4H2,1-3H3/b6-5-. The zero-order valence-corrected chi connectivity index (χ0v) is 8.46. The molecule has 0 aliphatic carbocycles. The lowest BCUT2D eigenvalue weighted by atomic mass is 10.0. The smallest absolute Gasteiger partial charge is 0.0726 e. The Balaban J connectivity index is 3.42. The normalized spacial score (nSPS) is 10.7. The maximum Gasteiger partial charge on any atom is 0.0726 e. The van der Waals surface area contributed by atoms with Gasteiger partial charge < -0.3 is 0 Å². The largest absolute Gasteiger partial charge is 0.264 e. The number of aryl methyl sites for hydroxylation is 2. The lowest BCUT2D eigenvalue weighted by Gasteiger charge is -2.07. The highest BCUT2D eigenvalue weighted by molar-refractivity contribution is 5.71. The van der Waals surface area contributed by atoms with Gasteiger partial charge in [-0.2, -0.15) is 0 Å². The highest BCUT2D eigenvalue weighted by Gasteiger charge is 2.03. The molecule has 0 saturated heterocycles. The minimum atomic E-state index is 0.998. The molecule has 0 bridgehead atoms. The summed E-state index contributed by atoms with van der Waals surface area (Å²) in [5.74, 6) is 0. The van der Waals surface area contributed by atoms with E-state index in [1.807, 2.05) is 13.0 Å². The van der Waals surface area contributed by atoms with Crippen molar-refractivity contribution in [2.45, 2.75) is 20.8 Å². The molecule has 0 radical (unpaired) electrons. The van der Waals surface area contributed by atoms with E-state index in [4.69, 9.17) is 0 Å². The van der Waals surface area contributed by atoms with E-state index in [1.54, 1.807) is 0 Å². The molecular formula is C12H15N. The fraction of sp³-hybridized carbons (Fsp3) is 0.250. The minimum absolute atomic E-state index is 0.998. The number of aliphatic imine (C=N–C) groups is 1. The Morgan fingerprint density at radius 2 is 1.85 bits per heavy atom. The van der Waals surface area contributed by atoms with Gasteiger partial charge in [0.15, 0.2) is 0 Å². The van der Waals surface area contributed by atoms with E-state index in [-0.39, 0.29) is 0 Å². The first-order chi connectivity index (χ1) is 6.20. The topological polar surface area (TPSA) is 12.4 Å². The van der Waals surface area contributed by atoms with E-state index >= 15 is 0 Å². The molecule has 0 fully saturated rings. The molecule has 1 heteroatoms. The third-order valence-electron chi connectivity index (χ3n) is 2.13. The Bertz CT molecular complexity index is 348. The van der Waals surface area contributed by atoms with Crippen LogP contribution in [-0.2, 0) is 0 Å². The second kappa shape index (κ2) is 4.04. The van der Waals surface area contributed by atoms with Crippen molar-refractivity contribution in [1.29, 1.82) is 0 Å². The molecule has 1 aromatic carbocycles. The Kier molecular flexibility index (Phi) is 3.02. The summed E-state index contributed by atoms with van der Waals surface area (Å²) < 4.78 is 0. The molecule has 0 aromatic heterocycles. The number of rotatable bonds is 2. The molecule has 0 N–H and O–H groups in total. The average molecular weight is 173 g/mol. The van der Waals surface area contributed by atoms with Gasteiger partial charge in [-0.3, -0.25) is 4.99 Å². The number of hydrogen-bond acceptors (Lipinski definition) is 1. The van der Waals surface area contributed by atoms with Crippen LogP contribution in [0, 0.1) is 13.8 Å². The molecule has 0 heterocycles. The Morgan fingerprint density at radius 1 is 1.23 bits per heavy atom. The molecule has 68 valence electrons. The summed E-state index contributed by atoms with van der Waals surface area (Å²) >= 11 is 0. The molecule has 0 saturated carbocycles. The van der Waals surface area contributed by atoms with Gasteiger partial charge in [0.25, 0.3) is 0 Å². The molecular weight excluding hydrogens is 158 g/mol. The number of benzene rings is 1. The zero-order chi connectivity index (χ0) is 9.84. The van der Waals surface area contributed by atoms with E-state index in [0.29, 0.717) is 0 Å². The zero-order valence-electron chi connectivity index (χ0n) is 8.46. The van der Waals surface area contributed by atoms with Gasteiger partial charge in [0, 0.05) is 5.56 Å². The monoisotopic (exact) mass is 173 g/mol. The molecule has 0 spiro atoms. The first-order valence-corrected chi connectivity index (χ1v) is 4.40. The molecule has 0 amide bonds. The van der Waals surface area contributed by atoms with Crippen LogP contribution in [0.4, 0.5) is 5.69 Å². The highest BCUT2D eigenvalue weighted by Crippen LogP contribution is 2.27. The molecule has 1 nitrogen and oxygen atoms in total. The molecule has 0 aliphatic heterocycles. The molecule has 0 atom stereocenters. The van der Waals surface area contributed by atoms with E-state index < -0.39 is 0 Å². The average Bonchev–Trinajstić information content (AvgIpc) is 2.12. The second-order valence-corrected chi connectivity index (χ2v) is 3.12. The van der Waals surface area contributed by atoms with Gasteiger partial charge in [0.1, 0.15) is 0 Å². The van der Waals surface area contributed by atoms with E-state index in [9.17, 15) is 0 Å². The maximum absolute atomic E-state index is 4.05. The van der Waals surface area contributed by atoms with Crippen molar-refractivity contribution < 1.29 is 0 Å². The highest BCUT2D eigenvalue weighted by atomic mass is 14.7. The maximum atomic E-state index is 4.05. The summed E-state index contributed by atoms with van der Waals surface area (Å²) in [4.78, 5) is 4.05. The van der Waals surface area contributed by atoms with Crippen molar-refractivity contribution >= 4 is 18.5 Å². The minimum Gasteiger partial charge on any atom is -0.264 e. The lowest BCUT2D eigenvalue weighted by molar-refractivity contribution is 1.34. The summed E-state index contributed by atoms with van der Waals surface area (Å²) in [5, 5.41) is 0. The van der Waals surface area contributed by atoms with Gasteiger partial charge in [-0.25, -0.2) is 0 Å². The van der Waals surface area contributed by atoms with Crippen molar-refractivity contribution in [3.8, 4) is 0 Å². The molecule has 0 unspecified atom stereocenters. The van der Waals surface area contributed by atoms with Crippen molar-refractivity contribution in [1.82, 2.24) is 0 Å². The fourth-order valence-corrected chi connectivity index (χ4v) is 1.40. The van der Waals surface area contributed by atoms with Gasteiger partial charge in [-0.1, -0.05) is 24.3 Å². The number of allylic oxidation sites excluding steroid dienone is 1. The van der Waals surface area contributed by atoms with E-state index in [0.717, 1.165) is 5.69 Å². The summed E-state index contributed by atoms with van der Waals surface area (Å²) in [6.45, 7) is 9.74. The fourth-order valence-electron chi connectivity index (χ4n) is 1.40. The van der Waals surface area contributed by atoms with Crippen molar-refractivity contribution in [2.75, 3.05) is 0 Å². The Hall–Kier alpha value is -1.37. The summed E-state index contributed by atoms with van der Waals surface area (Å²) in [6.07, 6.45) is 4.10. The van der Waals surface area contributed by atoms with Gasteiger partial charge in [-0.05, 0) is 38.6 Å². The van der Waals surface area contributed by atoms with Crippen LogP contribution in [0.1, 0.15) is 23.6 Å². The van der Waals surface area contributed by atoms with Crippen LogP contribution in [-0.4, -0.2) is 6.72 Å². The van der Waals surface area contributed by atoms with Crippen LogP contribution in [0.25, 0.3) is 6.08 Å². The van der Waals surface area contributed by atoms with E-state index in [1.165, 1.54) is 16.7 Å². The number of nitrogens with zero attached hydrogens (tertiary/aromatic N) is 1. The van der Waals surface area contributed by atoms with Gasteiger partial charge >= 0.3 is 0 Å². The summed E-state index contributed by atoms with van der Waals surface area (Å²) in [6, 6.07) is 4.19. The van der Waals surface area contributed by atoms with Crippen LogP contribution >= 0.6 is 0 Å². The Labute approximate surface area is 79.8 Å². The predicted octanol–water partition coefficient (Wildman–Crippen LogP) is 3.67. The SMILES string of the molecule is C=Nc1c(C)ccc(C)c1/C=C\C. The van der Waals surface area contributed by atoms with Crippen LogP contribution < -0.4 is 0 Å². The first kappa shape index (κ1) is 9.72. The Morgan fingerprint density at radius 3 is 2.38 bits per heavy atom. The third-order valence-corrected chi connectivity index (χ3v) is 2.13. The first-order valence-electron chi connectivity index (χ1n) is 4.40. The van der Waals surface area contributed by atoms with Crippen LogP contribution in [0.3, 0.4) is 0 Å². The van der Waals surface area contributed by atoms with Gasteiger partial charge in [-0.15, -0.1) is 0 Å². The van der Waals surface area contributed by atoms with E-state index in [2.05, 4.69) is 43.8 Å². The molecule has 1 rings (SSSR count). The van der Waals surface area contributed by atoms with Crippen molar-refractivity contribution in [3.63, 3.8) is 0 Å². The molecule has 1 aromatic rings. The number of hydrogen-bond donors (Lipinski definition) is 0. The summed E-state index contributed by atoms with van der Waals surface area (Å²) in [5.41, 5.74) is 4.59. The summed E-state index contributed by atoms with van der Waals surface area (Å²) in [7, 11) is 0. The van der Waals surface area contributed by atoms with Gasteiger partial charge in [0.05, 0.1) is 5.69 Å². The molecule has 13 heavy (non-hydrogen) atoms. The van der Waals surface area contributed by atoms with Gasteiger partial charge in [0.2, 0.25) is 0 Å². The van der Waals surface area contributed by atoms with Crippen molar-refractivity contribution in [2.24, 2.45) is 4.99 Å². The van der Waals surface area contributed by atoms with Crippen LogP contribution in [0.2, 0.25) is 0 Å². The molecule has 0 aliphatic rings. The van der Waals surface area contributed by atoms with Crippen LogP contribution in [0.5, 0.6) is 0 Å². The van der Waals surface area contributed by atoms with Crippen molar-refractivity contribution in [3.05, 3.63) is 34.9 Å². The lowest BCUT2D eigenvalue weighted by Crippen LogP contribution is -1.84. The third kappa shape index (κ3) is 1.86.